The van der Waals surface area contributed by atoms with Gasteiger partial charge in [-0.2, -0.15) is 0 Å². The van der Waals surface area contributed by atoms with E-state index in [1.165, 1.54) is 57.8 Å². The molecule has 1 saturated carbocycles. The molecule has 0 radical (unpaired) electrons. The number of hydrogen-bond acceptors (Lipinski definition) is 12. The largest absolute Gasteiger partial charge is 0.457 e. The molecule has 0 aromatic carbocycles. The van der Waals surface area contributed by atoms with Crippen molar-refractivity contribution in [2.75, 3.05) is 6.61 Å². The van der Waals surface area contributed by atoms with E-state index in [0.717, 1.165) is 19.3 Å². The fraction of sp³-hybridized carbons (Fsp3) is 0.964. The Labute approximate surface area is 237 Å². The summed E-state index contributed by atoms with van der Waals surface area (Å²) in [6, 6.07) is -1.33. The van der Waals surface area contributed by atoms with Crippen LogP contribution < -0.4 is 5.73 Å². The summed E-state index contributed by atoms with van der Waals surface area (Å²) in [5.41, 5.74) is 5.89. The van der Waals surface area contributed by atoms with Crippen LogP contribution in [-0.4, -0.2) is 116 Å². The van der Waals surface area contributed by atoms with E-state index < -0.39 is 79.8 Å². The summed E-state index contributed by atoms with van der Waals surface area (Å²) in [6.07, 6.45) is -1.17. The third-order valence-electron chi connectivity index (χ3n) is 8.02. The van der Waals surface area contributed by atoms with Crippen LogP contribution in [0.3, 0.4) is 0 Å². The Morgan fingerprint density at radius 3 is 1.65 bits per heavy atom. The zero-order chi connectivity index (χ0) is 29.7. The van der Waals surface area contributed by atoms with Crippen molar-refractivity contribution in [3.63, 3.8) is 0 Å². The summed E-state index contributed by atoms with van der Waals surface area (Å²) >= 11 is 0. The molecule has 5 unspecified atom stereocenters. The molecule has 11 atom stereocenters. The molecule has 1 saturated heterocycles. The smallest absolute Gasteiger partial charge is 0.306 e. The molecule has 0 aromatic rings. The predicted molar refractivity (Wildman–Crippen MR) is 145 cm³/mol. The fourth-order valence-corrected chi connectivity index (χ4v) is 5.35. The number of rotatable bonds is 18. The van der Waals surface area contributed by atoms with Gasteiger partial charge >= 0.3 is 5.97 Å². The highest BCUT2D eigenvalue weighted by Crippen LogP contribution is 2.30. The highest BCUT2D eigenvalue weighted by atomic mass is 16.7. The van der Waals surface area contributed by atoms with Crippen molar-refractivity contribution in [3.05, 3.63) is 0 Å². The minimum Gasteiger partial charge on any atom is -0.457 e. The van der Waals surface area contributed by atoms with Gasteiger partial charge < -0.3 is 55.7 Å². The number of nitrogens with two attached hydrogens (primary N) is 1. The number of esters is 1. The fourth-order valence-electron chi connectivity index (χ4n) is 5.35. The van der Waals surface area contributed by atoms with Gasteiger partial charge in [-0.1, -0.05) is 84.0 Å². The van der Waals surface area contributed by atoms with Crippen LogP contribution in [0.2, 0.25) is 0 Å². The third-order valence-corrected chi connectivity index (χ3v) is 8.02. The number of aliphatic hydroxyl groups is 7. The van der Waals surface area contributed by atoms with E-state index in [9.17, 15) is 40.5 Å². The molecule has 236 valence electrons. The lowest BCUT2D eigenvalue weighted by Gasteiger charge is -2.47. The Morgan fingerprint density at radius 1 is 0.675 bits per heavy atom. The SMILES string of the molecule is CCCCCCCCCCCCCCCC(=O)OC1[C@H](O)C(O)C(O)[C@H](O)[C@H]1O[C@@H]1OC(CO)[C@H](O)[C@H](O)C1N. The predicted octanol–water partition coefficient (Wildman–Crippen LogP) is -0.0118. The first-order chi connectivity index (χ1) is 19.1. The molecule has 2 fully saturated rings. The van der Waals surface area contributed by atoms with Crippen LogP contribution in [0.15, 0.2) is 0 Å². The minimum absolute atomic E-state index is 0.0549. The zero-order valence-electron chi connectivity index (χ0n) is 23.8. The maximum atomic E-state index is 12.6. The Hall–Kier alpha value is -0.930. The maximum absolute atomic E-state index is 12.6. The zero-order valence-corrected chi connectivity index (χ0v) is 23.8. The number of ether oxygens (including phenoxy) is 3. The number of hydrogen-bond donors (Lipinski definition) is 8. The summed E-state index contributed by atoms with van der Waals surface area (Å²) in [5.74, 6) is -0.672. The molecule has 2 rings (SSSR count). The van der Waals surface area contributed by atoms with E-state index in [1.807, 2.05) is 0 Å². The molecular weight excluding hydrogens is 526 g/mol. The van der Waals surface area contributed by atoms with Crippen LogP contribution in [0.1, 0.15) is 96.8 Å². The molecule has 2 aliphatic rings. The van der Waals surface area contributed by atoms with Crippen molar-refractivity contribution in [2.45, 2.75) is 164 Å². The molecule has 0 amide bonds. The van der Waals surface area contributed by atoms with Crippen molar-refractivity contribution in [1.82, 2.24) is 0 Å². The molecule has 12 heteroatoms. The van der Waals surface area contributed by atoms with Gasteiger partial charge in [0.25, 0.3) is 0 Å². The van der Waals surface area contributed by atoms with Crippen molar-refractivity contribution >= 4 is 5.97 Å². The van der Waals surface area contributed by atoms with E-state index in [0.29, 0.717) is 6.42 Å². The summed E-state index contributed by atoms with van der Waals surface area (Å²) < 4.78 is 16.4. The first kappa shape index (κ1) is 35.3. The lowest BCUT2D eigenvalue weighted by atomic mass is 9.84. The number of aliphatic hydroxyl groups excluding tert-OH is 7. The Kier molecular flexibility index (Phi) is 16.4. The van der Waals surface area contributed by atoms with Gasteiger partial charge in [0.15, 0.2) is 12.4 Å². The van der Waals surface area contributed by atoms with Gasteiger partial charge in [-0.15, -0.1) is 0 Å². The maximum Gasteiger partial charge on any atom is 0.306 e. The molecule has 0 aromatic heterocycles. The number of unbranched alkanes of at least 4 members (excludes halogenated alkanes) is 12. The van der Waals surface area contributed by atoms with E-state index in [1.54, 1.807) is 0 Å². The van der Waals surface area contributed by atoms with Gasteiger partial charge in [0.1, 0.15) is 48.8 Å². The van der Waals surface area contributed by atoms with Crippen molar-refractivity contribution in [3.8, 4) is 0 Å². The van der Waals surface area contributed by atoms with Crippen LogP contribution in [0.5, 0.6) is 0 Å². The van der Waals surface area contributed by atoms with Crippen molar-refractivity contribution < 1.29 is 54.8 Å². The average Bonchev–Trinajstić information content (AvgIpc) is 2.94. The van der Waals surface area contributed by atoms with E-state index in [2.05, 4.69) is 6.92 Å². The monoisotopic (exact) mass is 579 g/mol. The lowest BCUT2D eigenvalue weighted by Crippen LogP contribution is -2.68. The van der Waals surface area contributed by atoms with E-state index in [-0.39, 0.29) is 6.42 Å². The standard InChI is InChI=1S/C28H53NO11/c1-2-3-4-5-6-7-8-9-10-11-12-13-14-15-18(31)39-26-24(36)22(34)23(35)25(37)27(26)40-28-19(29)21(33)20(32)17(16-30)38-28/h17,19-28,30,32-37H,2-16,29H2,1H3/t17?,19?,20-,21+,22?,23?,24+,25-,26?,27+,28-/m0/s1. The second-order valence-electron chi connectivity index (χ2n) is 11.3. The van der Waals surface area contributed by atoms with Gasteiger partial charge in [0.2, 0.25) is 0 Å². The van der Waals surface area contributed by atoms with Crippen LogP contribution in [-0.2, 0) is 19.0 Å². The number of carbonyl (C=O) groups excluding carboxylic acids is 1. The number of carbonyl (C=O) groups is 1. The molecule has 1 aliphatic heterocycles. The molecule has 9 N–H and O–H groups in total. The quantitative estimate of drug-likeness (QED) is 0.0795. The van der Waals surface area contributed by atoms with E-state index in [4.69, 9.17) is 19.9 Å². The topological polar surface area (TPSA) is 212 Å². The molecular formula is C28H53NO11. The van der Waals surface area contributed by atoms with Gasteiger partial charge in [0.05, 0.1) is 12.6 Å². The van der Waals surface area contributed by atoms with Crippen molar-refractivity contribution in [1.29, 1.82) is 0 Å². The van der Waals surface area contributed by atoms with E-state index >= 15 is 0 Å². The normalized spacial score (nSPS) is 36.5. The molecule has 0 spiro atoms. The summed E-state index contributed by atoms with van der Waals surface area (Å²) in [7, 11) is 0. The molecule has 1 heterocycles. The first-order valence-corrected chi connectivity index (χ1v) is 15.1. The first-order valence-electron chi connectivity index (χ1n) is 15.1. The summed E-state index contributed by atoms with van der Waals surface area (Å²) in [5, 5.41) is 71.1. The van der Waals surface area contributed by atoms with Crippen LogP contribution >= 0.6 is 0 Å². The van der Waals surface area contributed by atoms with Crippen LogP contribution in [0.4, 0.5) is 0 Å². The highest BCUT2D eigenvalue weighted by molar-refractivity contribution is 5.69. The van der Waals surface area contributed by atoms with Crippen molar-refractivity contribution in [2.24, 2.45) is 5.73 Å². The Morgan fingerprint density at radius 2 is 1.15 bits per heavy atom. The molecule has 40 heavy (non-hydrogen) atoms. The molecule has 1 aliphatic carbocycles. The molecule has 0 bridgehead atoms. The minimum atomic E-state index is -1.83. The summed E-state index contributed by atoms with van der Waals surface area (Å²) in [4.78, 5) is 12.6. The highest BCUT2D eigenvalue weighted by Gasteiger charge is 2.54. The van der Waals surface area contributed by atoms with Gasteiger partial charge in [0, 0.05) is 6.42 Å². The average molecular weight is 580 g/mol. The summed E-state index contributed by atoms with van der Waals surface area (Å²) in [6.45, 7) is 1.55. The second kappa shape index (κ2) is 18.6. The van der Waals surface area contributed by atoms with Crippen LogP contribution in [0.25, 0.3) is 0 Å². The lowest BCUT2D eigenvalue weighted by molar-refractivity contribution is -0.318. The van der Waals surface area contributed by atoms with Gasteiger partial charge in [-0.25, -0.2) is 0 Å². The van der Waals surface area contributed by atoms with Crippen LogP contribution in [0, 0.1) is 0 Å². The Balaban J connectivity index is 1.78. The Bertz CT molecular complexity index is 699. The second-order valence-corrected chi connectivity index (χ2v) is 11.3. The van der Waals surface area contributed by atoms with Gasteiger partial charge in [-0.3, -0.25) is 4.79 Å². The molecule has 12 nitrogen and oxygen atoms in total. The van der Waals surface area contributed by atoms with Gasteiger partial charge in [-0.05, 0) is 6.42 Å². The third kappa shape index (κ3) is 10.4.